The Labute approximate surface area is 91.7 Å². The van der Waals surface area contributed by atoms with Gasteiger partial charge in [0.2, 0.25) is 0 Å². The molecule has 0 saturated heterocycles. The van der Waals surface area contributed by atoms with Gasteiger partial charge in [0, 0.05) is 0 Å². The van der Waals surface area contributed by atoms with E-state index < -0.39 is 0 Å². The molecule has 0 aliphatic carbocycles. The third-order valence-electron chi connectivity index (χ3n) is 0. The maximum absolute atomic E-state index is 0. The molecule has 0 atom stereocenters. The van der Waals surface area contributed by atoms with E-state index >= 15 is 0 Å². The van der Waals surface area contributed by atoms with Gasteiger partial charge in [0.25, 0.3) is 0 Å². The average molecular weight is 198 g/mol. The first-order valence-electron chi connectivity index (χ1n) is 0. The molecule has 0 heterocycles. The van der Waals surface area contributed by atoms with E-state index in [1.54, 1.807) is 0 Å². The summed E-state index contributed by atoms with van der Waals surface area (Å²) < 4.78 is 0. The molecule has 0 unspecified atom stereocenters. The summed E-state index contributed by atoms with van der Waals surface area (Å²) in [6, 6.07) is 0. The molecule has 0 bridgehead atoms. The van der Waals surface area contributed by atoms with Gasteiger partial charge in [-0.05, 0) is 0 Å². The molecule has 4 heavy (non-hydrogen) atoms. The van der Waals surface area contributed by atoms with Crippen LogP contribution in [0, 0.1) is 0 Å². The summed E-state index contributed by atoms with van der Waals surface area (Å²) in [7, 11) is 0. The van der Waals surface area contributed by atoms with Crippen molar-refractivity contribution >= 4 is 88.3 Å². The molecular formula is GaMgOSr+5. The van der Waals surface area contributed by atoms with Gasteiger partial charge in [-0.25, -0.2) is 0 Å². The summed E-state index contributed by atoms with van der Waals surface area (Å²) in [5.74, 6) is 0. The molecule has 0 saturated carbocycles. The smallest absolute Gasteiger partial charge is 2.00 e. The second-order valence-corrected chi connectivity index (χ2v) is 0. The van der Waals surface area contributed by atoms with Crippen LogP contribution < -0.4 is 0 Å². The third kappa shape index (κ3) is 8.85. The fourth-order valence-corrected chi connectivity index (χ4v) is 0. The van der Waals surface area contributed by atoms with Crippen LogP contribution in [0.1, 0.15) is 0 Å². The van der Waals surface area contributed by atoms with E-state index in [4.69, 9.17) is 0 Å². The Morgan fingerprint density at radius 2 is 1.00 bits per heavy atom. The number of hydrogen-bond donors (Lipinski definition) is 0. The van der Waals surface area contributed by atoms with Crippen molar-refractivity contribution < 1.29 is 5.48 Å². The second-order valence-electron chi connectivity index (χ2n) is 0. The molecule has 8 valence electrons. The zero-order chi connectivity index (χ0) is 0. The topological polar surface area (TPSA) is 28.5 Å². The average Bonchev–Trinajstić information content (AvgIpc) is 0. The van der Waals surface area contributed by atoms with Crippen LogP contribution >= 0.6 is 0 Å². The largest absolute Gasteiger partial charge is 3.00 e. The van der Waals surface area contributed by atoms with Crippen LogP contribution in [0.2, 0.25) is 0 Å². The monoisotopic (exact) mass is 197 g/mol. The molecule has 4 heteroatoms. The fourth-order valence-electron chi connectivity index (χ4n) is 0. The summed E-state index contributed by atoms with van der Waals surface area (Å²) >= 11 is 0. The van der Waals surface area contributed by atoms with Crippen molar-refractivity contribution in [2.45, 2.75) is 0 Å². The van der Waals surface area contributed by atoms with Gasteiger partial charge in [0.1, 0.15) is 0 Å². The van der Waals surface area contributed by atoms with E-state index in [1.807, 2.05) is 0 Å². The van der Waals surface area contributed by atoms with E-state index in [1.165, 1.54) is 0 Å². The zero-order valence-electron chi connectivity index (χ0n) is 2.40. The van der Waals surface area contributed by atoms with Crippen LogP contribution in [0.4, 0.5) is 0 Å². The Morgan fingerprint density at radius 3 is 1.00 bits per heavy atom. The van der Waals surface area contributed by atoms with Crippen molar-refractivity contribution in [3.05, 3.63) is 0 Å². The molecule has 1 nitrogen and oxygen atoms in total. The van der Waals surface area contributed by atoms with Gasteiger partial charge in [-0.15, -0.1) is 0 Å². The van der Waals surface area contributed by atoms with E-state index in [0.29, 0.717) is 0 Å². The van der Waals surface area contributed by atoms with Crippen molar-refractivity contribution in [1.29, 1.82) is 0 Å². The number of hydrogen-bond acceptors (Lipinski definition) is 0. The molecule has 0 N–H and O–H groups in total. The first kappa shape index (κ1) is 28.9. The first-order valence-corrected chi connectivity index (χ1v) is 0. The van der Waals surface area contributed by atoms with Gasteiger partial charge in [0.15, 0.2) is 0 Å². The SMILES string of the molecule is [Ga+3].[Mg+2].[O-2].[Sr+2]. The van der Waals surface area contributed by atoms with Crippen LogP contribution in [-0.4, -0.2) is 88.3 Å². The van der Waals surface area contributed by atoms with Gasteiger partial charge in [-0.3, -0.25) is 0 Å². The van der Waals surface area contributed by atoms with Crippen molar-refractivity contribution in [3.63, 3.8) is 0 Å². The maximum atomic E-state index is 0. The molecular weight excluding hydrogens is 198 g/mol. The summed E-state index contributed by atoms with van der Waals surface area (Å²) in [5, 5.41) is 0. The Hall–Kier alpha value is 2.84. The summed E-state index contributed by atoms with van der Waals surface area (Å²) in [4.78, 5) is 0. The van der Waals surface area contributed by atoms with Crippen molar-refractivity contribution in [2.24, 2.45) is 0 Å². The van der Waals surface area contributed by atoms with E-state index in [-0.39, 0.29) is 93.8 Å². The summed E-state index contributed by atoms with van der Waals surface area (Å²) in [6.45, 7) is 0. The Balaban J connectivity index is 0. The molecule has 0 fully saturated rings. The Bertz CT molecular complexity index is 8.00. The van der Waals surface area contributed by atoms with Crippen LogP contribution in [0.15, 0.2) is 0 Å². The van der Waals surface area contributed by atoms with Gasteiger partial charge in [-0.1, -0.05) is 0 Å². The minimum Gasteiger partial charge on any atom is -2.00 e. The minimum atomic E-state index is 0. The Kier molecular flexibility index (Phi) is 123. The molecule has 0 aliphatic rings. The van der Waals surface area contributed by atoms with Gasteiger partial charge in [0.05, 0.1) is 0 Å². The molecule has 0 aliphatic heterocycles. The number of rotatable bonds is 0. The van der Waals surface area contributed by atoms with Crippen LogP contribution in [0.5, 0.6) is 0 Å². The van der Waals surface area contributed by atoms with E-state index in [9.17, 15) is 0 Å². The molecule has 0 amide bonds. The van der Waals surface area contributed by atoms with Gasteiger partial charge >= 0.3 is 88.3 Å². The van der Waals surface area contributed by atoms with E-state index in [0.717, 1.165) is 0 Å². The van der Waals surface area contributed by atoms with Gasteiger partial charge < -0.3 is 5.48 Å². The standard InChI is InChI=1S/Ga.Mg.O.Sr/q+3;+2;-2;+2. The maximum Gasteiger partial charge on any atom is 3.00 e. The van der Waals surface area contributed by atoms with Crippen LogP contribution in [-0.2, 0) is 5.48 Å². The molecule has 0 aromatic rings. The molecule has 0 rings (SSSR count). The Morgan fingerprint density at radius 1 is 1.00 bits per heavy atom. The molecule has 0 radical (unpaired) electrons. The quantitative estimate of drug-likeness (QED) is 0.434. The zero-order valence-corrected chi connectivity index (χ0v) is 9.71. The summed E-state index contributed by atoms with van der Waals surface area (Å²) in [6.07, 6.45) is 0. The molecule has 0 aromatic carbocycles. The van der Waals surface area contributed by atoms with Crippen molar-refractivity contribution in [1.82, 2.24) is 0 Å². The van der Waals surface area contributed by atoms with Crippen molar-refractivity contribution in [2.75, 3.05) is 0 Å². The van der Waals surface area contributed by atoms with Crippen LogP contribution in [0.3, 0.4) is 0 Å². The van der Waals surface area contributed by atoms with E-state index in [2.05, 4.69) is 0 Å². The third-order valence-corrected chi connectivity index (χ3v) is 0. The molecule has 0 spiro atoms. The predicted octanol–water partition coefficient (Wildman–Crippen LogP) is -1.26. The summed E-state index contributed by atoms with van der Waals surface area (Å²) in [5.41, 5.74) is 0. The van der Waals surface area contributed by atoms with Crippen LogP contribution in [0.25, 0.3) is 0 Å². The first-order chi connectivity index (χ1) is 0. The van der Waals surface area contributed by atoms with Gasteiger partial charge in [-0.2, -0.15) is 0 Å². The fraction of sp³-hybridized carbons (Fsp3) is 0. The normalized spacial score (nSPS) is 0. The predicted molar refractivity (Wildman–Crippen MR) is 17.9 cm³/mol. The molecule has 0 aromatic heterocycles. The second kappa shape index (κ2) is 17.0. The van der Waals surface area contributed by atoms with Crippen molar-refractivity contribution in [3.8, 4) is 0 Å². The minimum absolute atomic E-state index is 0.